The fraction of sp³-hybridized carbons (Fsp3) is 0.875. The maximum absolute atomic E-state index is 4.18. The third-order valence-corrected chi connectivity index (χ3v) is 5.15. The number of nitrogens with zero attached hydrogens (tertiary/aromatic N) is 2. The first-order valence-corrected chi connectivity index (χ1v) is 8.74. The summed E-state index contributed by atoms with van der Waals surface area (Å²) in [5.74, 6) is 1.84. The maximum atomic E-state index is 4.18. The second kappa shape index (κ2) is 7.90. The lowest BCUT2D eigenvalue weighted by molar-refractivity contribution is 0.182. The number of rotatable bonds is 6. The second-order valence-electron chi connectivity index (χ2n) is 6.60. The minimum atomic E-state index is 0.712. The van der Waals surface area contributed by atoms with Crippen molar-refractivity contribution in [1.29, 1.82) is 0 Å². The zero-order chi connectivity index (χ0) is 14.3. The smallest absolute Gasteiger partial charge is 0.137 e. The van der Waals surface area contributed by atoms with Gasteiger partial charge in [0, 0.05) is 18.5 Å². The van der Waals surface area contributed by atoms with Crippen LogP contribution in [0.5, 0.6) is 0 Å². The number of hydrogen-bond donors (Lipinski definition) is 3. The number of aromatic nitrogens is 3. The Morgan fingerprint density at radius 2 is 2.05 bits per heavy atom. The van der Waals surface area contributed by atoms with Gasteiger partial charge >= 0.3 is 0 Å². The van der Waals surface area contributed by atoms with Crippen LogP contribution < -0.4 is 10.6 Å². The van der Waals surface area contributed by atoms with Gasteiger partial charge in [-0.25, -0.2) is 4.98 Å². The molecule has 1 saturated heterocycles. The summed E-state index contributed by atoms with van der Waals surface area (Å²) in [6.45, 7) is 2.31. The number of piperidine rings is 1. The van der Waals surface area contributed by atoms with E-state index < -0.39 is 0 Å². The molecule has 1 aliphatic heterocycles. The fourth-order valence-electron chi connectivity index (χ4n) is 4.03. The Hall–Kier alpha value is -0.940. The van der Waals surface area contributed by atoms with Crippen LogP contribution in [0.2, 0.25) is 0 Å². The molecule has 0 amide bonds. The van der Waals surface area contributed by atoms with Crippen molar-refractivity contribution >= 4 is 0 Å². The van der Waals surface area contributed by atoms with E-state index in [-0.39, 0.29) is 0 Å². The molecule has 1 aromatic heterocycles. The molecule has 3 rings (SSSR count). The molecule has 5 nitrogen and oxygen atoms in total. The Bertz CT molecular complexity index is 385. The molecule has 0 bridgehead atoms. The van der Waals surface area contributed by atoms with Gasteiger partial charge in [-0.1, -0.05) is 19.3 Å². The SMILES string of the molecule is c1n[nH]c(CCCNC2CCCCC2C2CCCCN2)n1. The van der Waals surface area contributed by atoms with E-state index in [2.05, 4.69) is 25.8 Å². The van der Waals surface area contributed by atoms with Gasteiger partial charge < -0.3 is 10.6 Å². The topological polar surface area (TPSA) is 65.6 Å². The van der Waals surface area contributed by atoms with Gasteiger partial charge in [0.2, 0.25) is 0 Å². The Labute approximate surface area is 127 Å². The lowest BCUT2D eigenvalue weighted by Crippen LogP contribution is -2.50. The van der Waals surface area contributed by atoms with Crippen LogP contribution in [-0.2, 0) is 6.42 Å². The molecule has 2 fully saturated rings. The van der Waals surface area contributed by atoms with Gasteiger partial charge in [0.25, 0.3) is 0 Å². The van der Waals surface area contributed by atoms with Crippen molar-refractivity contribution in [2.45, 2.75) is 69.9 Å². The number of hydrogen-bond acceptors (Lipinski definition) is 4. The van der Waals surface area contributed by atoms with Gasteiger partial charge in [-0.3, -0.25) is 5.10 Å². The quantitative estimate of drug-likeness (QED) is 0.702. The predicted molar refractivity (Wildman–Crippen MR) is 84.1 cm³/mol. The third kappa shape index (κ3) is 4.27. The zero-order valence-corrected chi connectivity index (χ0v) is 13.0. The average molecular weight is 291 g/mol. The molecule has 3 atom stereocenters. The average Bonchev–Trinajstić information content (AvgIpc) is 3.06. The highest BCUT2D eigenvalue weighted by Crippen LogP contribution is 2.30. The summed E-state index contributed by atoms with van der Waals surface area (Å²) in [5.41, 5.74) is 0. The molecular weight excluding hydrogens is 262 g/mol. The molecule has 3 unspecified atom stereocenters. The van der Waals surface area contributed by atoms with Crippen LogP contribution in [0.25, 0.3) is 0 Å². The number of nitrogens with one attached hydrogen (secondary N) is 3. The summed E-state index contributed by atoms with van der Waals surface area (Å²) in [6.07, 6.45) is 13.4. The zero-order valence-electron chi connectivity index (χ0n) is 13.0. The van der Waals surface area contributed by atoms with Crippen LogP contribution in [0, 0.1) is 5.92 Å². The van der Waals surface area contributed by atoms with Gasteiger partial charge in [0.1, 0.15) is 12.2 Å². The summed E-state index contributed by atoms with van der Waals surface area (Å²) in [5, 5.41) is 14.4. The molecule has 21 heavy (non-hydrogen) atoms. The van der Waals surface area contributed by atoms with E-state index in [1.807, 2.05) is 0 Å². The largest absolute Gasteiger partial charge is 0.314 e. The van der Waals surface area contributed by atoms with Crippen molar-refractivity contribution < 1.29 is 0 Å². The van der Waals surface area contributed by atoms with E-state index in [0.29, 0.717) is 6.04 Å². The monoisotopic (exact) mass is 291 g/mol. The molecule has 1 saturated carbocycles. The predicted octanol–water partition coefficient (Wildman–Crippen LogP) is 2.03. The minimum Gasteiger partial charge on any atom is -0.314 e. The van der Waals surface area contributed by atoms with Gasteiger partial charge in [-0.2, -0.15) is 5.10 Å². The van der Waals surface area contributed by atoms with Crippen LogP contribution in [0.15, 0.2) is 6.33 Å². The van der Waals surface area contributed by atoms with Crippen LogP contribution >= 0.6 is 0 Å². The van der Waals surface area contributed by atoms with Crippen LogP contribution in [0.3, 0.4) is 0 Å². The Balaban J connectivity index is 1.43. The summed E-state index contributed by atoms with van der Waals surface area (Å²) >= 11 is 0. The Morgan fingerprint density at radius 1 is 1.14 bits per heavy atom. The molecule has 0 aromatic carbocycles. The van der Waals surface area contributed by atoms with Crippen LogP contribution in [0.4, 0.5) is 0 Å². The molecule has 0 spiro atoms. The second-order valence-corrected chi connectivity index (χ2v) is 6.60. The lowest BCUT2D eigenvalue weighted by atomic mass is 9.77. The van der Waals surface area contributed by atoms with E-state index in [9.17, 15) is 0 Å². The normalized spacial score (nSPS) is 30.4. The molecule has 118 valence electrons. The highest BCUT2D eigenvalue weighted by Gasteiger charge is 2.31. The van der Waals surface area contributed by atoms with Crippen LogP contribution in [0.1, 0.15) is 57.2 Å². The Kier molecular flexibility index (Phi) is 5.63. The van der Waals surface area contributed by atoms with Crippen molar-refractivity contribution in [3.8, 4) is 0 Å². The van der Waals surface area contributed by atoms with Gasteiger partial charge in [-0.05, 0) is 51.1 Å². The first kappa shape index (κ1) is 15.0. The standard InChI is InChI=1S/C16H29N5/c1-2-7-14(13(6-1)15-8-3-4-10-17-15)18-11-5-9-16-19-12-20-21-16/h12-15,17-18H,1-11H2,(H,19,20,21). The summed E-state index contributed by atoms with van der Waals surface area (Å²) in [6, 6.07) is 1.47. The van der Waals surface area contributed by atoms with E-state index in [0.717, 1.165) is 37.2 Å². The van der Waals surface area contributed by atoms with Crippen molar-refractivity contribution in [1.82, 2.24) is 25.8 Å². The number of aryl methyl sites for hydroxylation is 1. The van der Waals surface area contributed by atoms with Crippen LogP contribution in [-0.4, -0.2) is 40.4 Å². The first-order chi connectivity index (χ1) is 10.4. The van der Waals surface area contributed by atoms with Gasteiger partial charge in [0.15, 0.2) is 0 Å². The summed E-state index contributed by atoms with van der Waals surface area (Å²) in [7, 11) is 0. The highest BCUT2D eigenvalue weighted by atomic mass is 15.2. The fourth-order valence-corrected chi connectivity index (χ4v) is 4.03. The molecule has 5 heteroatoms. The van der Waals surface area contributed by atoms with E-state index >= 15 is 0 Å². The van der Waals surface area contributed by atoms with Crippen molar-refractivity contribution in [3.63, 3.8) is 0 Å². The minimum absolute atomic E-state index is 0.712. The molecular formula is C16H29N5. The number of H-pyrrole nitrogens is 1. The van der Waals surface area contributed by atoms with E-state index in [4.69, 9.17) is 0 Å². The van der Waals surface area contributed by atoms with Crippen molar-refractivity contribution in [3.05, 3.63) is 12.2 Å². The molecule has 0 radical (unpaired) electrons. The van der Waals surface area contributed by atoms with Gasteiger partial charge in [0.05, 0.1) is 0 Å². The highest BCUT2D eigenvalue weighted by molar-refractivity contribution is 4.90. The number of aromatic amines is 1. The summed E-state index contributed by atoms with van der Waals surface area (Å²) < 4.78 is 0. The van der Waals surface area contributed by atoms with Crippen molar-refractivity contribution in [2.24, 2.45) is 5.92 Å². The van der Waals surface area contributed by atoms with E-state index in [1.165, 1.54) is 51.5 Å². The third-order valence-electron chi connectivity index (χ3n) is 5.15. The molecule has 2 heterocycles. The first-order valence-electron chi connectivity index (χ1n) is 8.74. The Morgan fingerprint density at radius 3 is 2.86 bits per heavy atom. The van der Waals surface area contributed by atoms with Gasteiger partial charge in [-0.15, -0.1) is 0 Å². The summed E-state index contributed by atoms with van der Waals surface area (Å²) in [4.78, 5) is 4.18. The molecule has 1 aromatic rings. The van der Waals surface area contributed by atoms with Crippen molar-refractivity contribution in [2.75, 3.05) is 13.1 Å². The maximum Gasteiger partial charge on any atom is 0.137 e. The lowest BCUT2D eigenvalue weighted by Gasteiger charge is -2.40. The van der Waals surface area contributed by atoms with E-state index in [1.54, 1.807) is 6.33 Å². The molecule has 2 aliphatic rings. The molecule has 3 N–H and O–H groups in total. The molecule has 1 aliphatic carbocycles.